The van der Waals surface area contributed by atoms with Crippen LogP contribution in [-0.4, -0.2) is 15.6 Å². The molecule has 0 bridgehead atoms. The van der Waals surface area contributed by atoms with E-state index in [-0.39, 0.29) is 6.03 Å². The molecule has 5 heteroatoms. The van der Waals surface area contributed by atoms with Gasteiger partial charge in [0.05, 0.1) is 0 Å². The van der Waals surface area contributed by atoms with E-state index in [0.29, 0.717) is 5.82 Å². The lowest BCUT2D eigenvalue weighted by Crippen LogP contribution is -2.19. The Kier molecular flexibility index (Phi) is 3.09. The van der Waals surface area contributed by atoms with E-state index in [2.05, 4.69) is 15.6 Å². The number of rotatable bonds is 2. The van der Waals surface area contributed by atoms with Gasteiger partial charge in [-0.15, -0.1) is 0 Å². The van der Waals surface area contributed by atoms with Crippen molar-refractivity contribution in [2.75, 3.05) is 10.6 Å². The maximum Gasteiger partial charge on any atom is 0.324 e. The number of hydrogen-bond acceptors (Lipinski definition) is 2. The van der Waals surface area contributed by atoms with Crippen molar-refractivity contribution in [1.82, 2.24) is 9.55 Å². The maximum absolute atomic E-state index is 11.9. The van der Waals surface area contributed by atoms with Crippen molar-refractivity contribution < 1.29 is 4.79 Å². The molecule has 0 radical (unpaired) electrons. The molecular formula is C15H14N4O. The highest BCUT2D eigenvalue weighted by molar-refractivity contribution is 6.00. The molecule has 1 aromatic carbocycles. The zero-order chi connectivity index (χ0) is 13.9. The summed E-state index contributed by atoms with van der Waals surface area (Å²) in [6.45, 7) is 0. The molecule has 0 fully saturated rings. The lowest BCUT2D eigenvalue weighted by atomic mass is 10.2. The number of anilines is 2. The lowest BCUT2D eigenvalue weighted by molar-refractivity contribution is 0.262. The van der Waals surface area contributed by atoms with Gasteiger partial charge in [-0.25, -0.2) is 9.78 Å². The molecule has 2 aromatic heterocycles. The number of aromatic nitrogens is 2. The third kappa shape index (κ3) is 2.47. The fourth-order valence-electron chi connectivity index (χ4n) is 2.07. The van der Waals surface area contributed by atoms with Gasteiger partial charge in [-0.3, -0.25) is 5.32 Å². The minimum atomic E-state index is -0.306. The first-order chi connectivity index (χ1) is 9.72. The first-order valence-corrected chi connectivity index (χ1v) is 6.26. The number of hydrogen-bond donors (Lipinski definition) is 2. The molecule has 0 aliphatic rings. The summed E-state index contributed by atoms with van der Waals surface area (Å²) >= 11 is 0. The standard InChI is InChI=1S/C15H14N4O/c1-19-9-7-11-10-12(5-6-13(11)19)17-15(20)18-14-4-2-3-8-16-14/h2-10H,1H3,(H2,16,17,18,20). The van der Waals surface area contributed by atoms with Gasteiger partial charge in [0.2, 0.25) is 0 Å². The van der Waals surface area contributed by atoms with Crippen molar-refractivity contribution in [3.8, 4) is 0 Å². The Morgan fingerprint density at radius 1 is 1.15 bits per heavy atom. The van der Waals surface area contributed by atoms with Crippen molar-refractivity contribution >= 4 is 28.4 Å². The number of urea groups is 1. The van der Waals surface area contributed by atoms with E-state index in [9.17, 15) is 4.79 Å². The van der Waals surface area contributed by atoms with Crippen molar-refractivity contribution in [1.29, 1.82) is 0 Å². The van der Waals surface area contributed by atoms with Crippen LogP contribution in [0.3, 0.4) is 0 Å². The normalized spacial score (nSPS) is 10.4. The van der Waals surface area contributed by atoms with Gasteiger partial charge in [0.15, 0.2) is 0 Å². The van der Waals surface area contributed by atoms with Crippen molar-refractivity contribution in [3.63, 3.8) is 0 Å². The minimum Gasteiger partial charge on any atom is -0.351 e. The molecule has 0 saturated heterocycles. The predicted octanol–water partition coefficient (Wildman–Crippen LogP) is 3.22. The van der Waals surface area contributed by atoms with E-state index in [1.807, 2.05) is 48.1 Å². The summed E-state index contributed by atoms with van der Waals surface area (Å²) in [6.07, 6.45) is 3.62. The van der Waals surface area contributed by atoms with E-state index in [1.54, 1.807) is 18.3 Å². The summed E-state index contributed by atoms with van der Waals surface area (Å²) in [7, 11) is 1.99. The molecule has 3 rings (SSSR count). The van der Waals surface area contributed by atoms with Gasteiger partial charge in [0.1, 0.15) is 5.82 Å². The summed E-state index contributed by atoms with van der Waals surface area (Å²) < 4.78 is 2.03. The number of carbonyl (C=O) groups excluding carboxylic acids is 1. The Labute approximate surface area is 116 Å². The summed E-state index contributed by atoms with van der Waals surface area (Å²) in [5.74, 6) is 0.519. The number of aryl methyl sites for hydroxylation is 1. The summed E-state index contributed by atoms with van der Waals surface area (Å²) in [4.78, 5) is 15.9. The Balaban J connectivity index is 1.74. The van der Waals surface area contributed by atoms with E-state index >= 15 is 0 Å². The number of benzene rings is 1. The molecule has 0 spiro atoms. The third-order valence-electron chi connectivity index (χ3n) is 3.05. The van der Waals surface area contributed by atoms with Crippen LogP contribution in [0.2, 0.25) is 0 Å². The van der Waals surface area contributed by atoms with Gasteiger partial charge >= 0.3 is 6.03 Å². The average Bonchev–Trinajstić information content (AvgIpc) is 2.81. The zero-order valence-corrected chi connectivity index (χ0v) is 11.0. The second-order valence-corrected chi connectivity index (χ2v) is 4.49. The summed E-state index contributed by atoms with van der Waals surface area (Å²) in [6, 6.07) is 12.8. The van der Waals surface area contributed by atoms with Crippen LogP contribution < -0.4 is 10.6 Å². The molecule has 2 N–H and O–H groups in total. The van der Waals surface area contributed by atoms with Crippen molar-refractivity contribution in [2.45, 2.75) is 0 Å². The quantitative estimate of drug-likeness (QED) is 0.748. The largest absolute Gasteiger partial charge is 0.351 e. The summed E-state index contributed by atoms with van der Waals surface area (Å²) in [5.41, 5.74) is 1.87. The second-order valence-electron chi connectivity index (χ2n) is 4.49. The smallest absolute Gasteiger partial charge is 0.324 e. The molecule has 2 heterocycles. The highest BCUT2D eigenvalue weighted by Gasteiger charge is 2.04. The van der Waals surface area contributed by atoms with E-state index in [4.69, 9.17) is 0 Å². The molecule has 0 aliphatic carbocycles. The number of fused-ring (bicyclic) bond motifs is 1. The highest BCUT2D eigenvalue weighted by Crippen LogP contribution is 2.19. The van der Waals surface area contributed by atoms with Gasteiger partial charge in [-0.05, 0) is 36.4 Å². The third-order valence-corrected chi connectivity index (χ3v) is 3.05. The molecule has 3 aromatic rings. The van der Waals surface area contributed by atoms with Crippen LogP contribution >= 0.6 is 0 Å². The van der Waals surface area contributed by atoms with Crippen LogP contribution in [0.1, 0.15) is 0 Å². The molecular weight excluding hydrogens is 252 g/mol. The Hall–Kier alpha value is -2.82. The number of pyridine rings is 1. The van der Waals surface area contributed by atoms with Gasteiger partial charge in [-0.2, -0.15) is 0 Å². The average molecular weight is 266 g/mol. The van der Waals surface area contributed by atoms with Crippen LogP contribution in [0.15, 0.2) is 54.9 Å². The van der Waals surface area contributed by atoms with Gasteiger partial charge in [0, 0.05) is 36.0 Å². The monoisotopic (exact) mass is 266 g/mol. The molecule has 20 heavy (non-hydrogen) atoms. The van der Waals surface area contributed by atoms with Gasteiger partial charge in [0.25, 0.3) is 0 Å². The lowest BCUT2D eigenvalue weighted by Gasteiger charge is -2.07. The molecule has 100 valence electrons. The topological polar surface area (TPSA) is 59.0 Å². The SMILES string of the molecule is Cn1ccc2cc(NC(=O)Nc3ccccn3)ccc21. The van der Waals surface area contributed by atoms with Crippen molar-refractivity contribution in [2.24, 2.45) is 7.05 Å². The van der Waals surface area contributed by atoms with Crippen molar-refractivity contribution in [3.05, 3.63) is 54.9 Å². The van der Waals surface area contributed by atoms with E-state index in [1.165, 1.54) is 0 Å². The molecule has 0 atom stereocenters. The first kappa shape index (κ1) is 12.2. The van der Waals surface area contributed by atoms with Gasteiger partial charge in [-0.1, -0.05) is 6.07 Å². The van der Waals surface area contributed by atoms with Crippen LogP contribution in [-0.2, 0) is 7.05 Å². The number of amides is 2. The Bertz CT molecular complexity index is 749. The second kappa shape index (κ2) is 5.05. The highest BCUT2D eigenvalue weighted by atomic mass is 16.2. The van der Waals surface area contributed by atoms with E-state index in [0.717, 1.165) is 16.6 Å². The number of nitrogens with zero attached hydrogens (tertiary/aromatic N) is 2. The fraction of sp³-hybridized carbons (Fsp3) is 0.0667. The van der Waals surface area contributed by atoms with E-state index < -0.39 is 0 Å². The Morgan fingerprint density at radius 2 is 2.05 bits per heavy atom. The van der Waals surface area contributed by atoms with Crippen LogP contribution in [0.5, 0.6) is 0 Å². The summed E-state index contributed by atoms with van der Waals surface area (Å²) in [5, 5.41) is 6.56. The molecule has 5 nitrogen and oxygen atoms in total. The van der Waals surface area contributed by atoms with Crippen LogP contribution in [0.25, 0.3) is 10.9 Å². The van der Waals surface area contributed by atoms with Crippen LogP contribution in [0, 0.1) is 0 Å². The maximum atomic E-state index is 11.9. The number of carbonyl (C=O) groups is 1. The molecule has 0 unspecified atom stereocenters. The zero-order valence-electron chi connectivity index (χ0n) is 11.0. The first-order valence-electron chi connectivity index (χ1n) is 6.26. The molecule has 0 aliphatic heterocycles. The Morgan fingerprint density at radius 3 is 2.85 bits per heavy atom. The predicted molar refractivity (Wildman–Crippen MR) is 79.8 cm³/mol. The van der Waals surface area contributed by atoms with Gasteiger partial charge < -0.3 is 9.88 Å². The number of nitrogens with one attached hydrogen (secondary N) is 2. The molecule has 2 amide bonds. The minimum absolute atomic E-state index is 0.306. The molecule has 0 saturated carbocycles. The fourth-order valence-corrected chi connectivity index (χ4v) is 2.07. The van der Waals surface area contributed by atoms with Crippen LogP contribution in [0.4, 0.5) is 16.3 Å².